The standard InChI is InChI=1S/C25H33ClN4O3/c1-29-10-8-17(13-24(29)31)21-7-9-27-14-22(21)25(32)30(20-5-6-20)16-18-12-19(4-3-11-33-2)28-15-23(18)26/h8,10,12-13,15,20-22,27H,3-7,9,11,14,16H2,1-2H3/t21-,22+/m1/s1. The third kappa shape index (κ3) is 5.83. The van der Waals surface area contributed by atoms with Gasteiger partial charge in [0.1, 0.15) is 0 Å². The molecule has 1 aliphatic carbocycles. The first-order valence-corrected chi connectivity index (χ1v) is 12.2. The first-order valence-electron chi connectivity index (χ1n) is 11.8. The normalized spacial score (nSPS) is 20.6. The lowest BCUT2D eigenvalue weighted by molar-refractivity contribution is -0.138. The van der Waals surface area contributed by atoms with E-state index in [2.05, 4.69) is 10.3 Å². The van der Waals surface area contributed by atoms with E-state index in [0.717, 1.165) is 55.5 Å². The number of carbonyl (C=O) groups is 1. The molecule has 3 heterocycles. The first-order chi connectivity index (χ1) is 16.0. The lowest BCUT2D eigenvalue weighted by Gasteiger charge is -2.36. The van der Waals surface area contributed by atoms with E-state index >= 15 is 0 Å². The molecule has 0 bridgehead atoms. The average Bonchev–Trinajstić information content (AvgIpc) is 3.66. The molecule has 4 rings (SSSR count). The van der Waals surface area contributed by atoms with Gasteiger partial charge in [-0.1, -0.05) is 11.6 Å². The van der Waals surface area contributed by atoms with E-state index in [9.17, 15) is 9.59 Å². The van der Waals surface area contributed by atoms with Crippen LogP contribution < -0.4 is 10.9 Å². The monoisotopic (exact) mass is 472 g/mol. The Balaban J connectivity index is 1.55. The summed E-state index contributed by atoms with van der Waals surface area (Å²) in [7, 11) is 3.44. The quantitative estimate of drug-likeness (QED) is 0.568. The molecule has 7 nitrogen and oxygen atoms in total. The lowest BCUT2D eigenvalue weighted by Crippen LogP contribution is -2.47. The maximum Gasteiger partial charge on any atom is 0.250 e. The molecular weight excluding hydrogens is 440 g/mol. The second-order valence-corrected chi connectivity index (χ2v) is 9.58. The van der Waals surface area contributed by atoms with E-state index in [0.29, 0.717) is 24.7 Å². The summed E-state index contributed by atoms with van der Waals surface area (Å²) in [5.41, 5.74) is 2.82. The van der Waals surface area contributed by atoms with Gasteiger partial charge in [0.05, 0.1) is 10.9 Å². The smallest absolute Gasteiger partial charge is 0.250 e. The van der Waals surface area contributed by atoms with Crippen LogP contribution in [0.15, 0.2) is 35.4 Å². The molecule has 1 saturated heterocycles. The SMILES string of the molecule is COCCCc1cc(CN(C(=O)[C@H]2CNCC[C@@H]2c2ccn(C)c(=O)c2)C2CC2)c(Cl)cn1. The Bertz CT molecular complexity index is 1040. The van der Waals surface area contributed by atoms with Crippen molar-refractivity contribution >= 4 is 17.5 Å². The fourth-order valence-electron chi connectivity index (χ4n) is 4.67. The van der Waals surface area contributed by atoms with Gasteiger partial charge in [-0.3, -0.25) is 14.6 Å². The molecule has 8 heteroatoms. The summed E-state index contributed by atoms with van der Waals surface area (Å²) < 4.78 is 6.71. The molecule has 2 fully saturated rings. The molecular formula is C25H33ClN4O3. The predicted octanol–water partition coefficient (Wildman–Crippen LogP) is 2.90. The van der Waals surface area contributed by atoms with Gasteiger partial charge in [0, 0.05) is 64.0 Å². The van der Waals surface area contributed by atoms with Gasteiger partial charge in [0.25, 0.3) is 5.56 Å². The van der Waals surface area contributed by atoms with Crippen molar-refractivity contribution in [2.45, 2.75) is 50.6 Å². The number of methoxy groups -OCH3 is 1. The molecule has 1 saturated carbocycles. The first kappa shape index (κ1) is 23.9. The van der Waals surface area contributed by atoms with Crippen LogP contribution >= 0.6 is 11.6 Å². The topological polar surface area (TPSA) is 76.5 Å². The molecule has 178 valence electrons. The second-order valence-electron chi connectivity index (χ2n) is 9.18. The largest absolute Gasteiger partial charge is 0.385 e. The number of aromatic nitrogens is 2. The van der Waals surface area contributed by atoms with Crippen LogP contribution in [0.25, 0.3) is 0 Å². The molecule has 2 atom stereocenters. The molecule has 2 aromatic heterocycles. The molecule has 0 unspecified atom stereocenters. The molecule has 2 aromatic rings. The number of piperidine rings is 1. The van der Waals surface area contributed by atoms with Crippen LogP contribution in [0.3, 0.4) is 0 Å². The number of nitrogens with zero attached hydrogens (tertiary/aromatic N) is 3. The minimum absolute atomic E-state index is 0.0337. The molecule has 2 aliphatic rings. The molecule has 0 spiro atoms. The van der Waals surface area contributed by atoms with Crippen LogP contribution in [0.4, 0.5) is 0 Å². The minimum atomic E-state index is -0.201. The van der Waals surface area contributed by atoms with Gasteiger partial charge < -0.3 is 19.5 Å². The molecule has 0 aromatic carbocycles. The summed E-state index contributed by atoms with van der Waals surface area (Å²) in [5.74, 6) is -0.0242. The Kier molecular flexibility index (Phi) is 7.83. The van der Waals surface area contributed by atoms with Crippen LogP contribution in [-0.4, -0.2) is 53.2 Å². The van der Waals surface area contributed by atoms with Crippen LogP contribution in [0.2, 0.25) is 5.02 Å². The van der Waals surface area contributed by atoms with Crippen molar-refractivity contribution in [3.05, 3.63) is 62.8 Å². The van der Waals surface area contributed by atoms with Gasteiger partial charge in [0.15, 0.2) is 0 Å². The van der Waals surface area contributed by atoms with Gasteiger partial charge in [-0.05, 0) is 67.8 Å². The minimum Gasteiger partial charge on any atom is -0.385 e. The molecule has 1 N–H and O–H groups in total. The third-order valence-corrected chi connectivity index (χ3v) is 7.08. The number of halogens is 1. The van der Waals surface area contributed by atoms with Crippen molar-refractivity contribution in [2.24, 2.45) is 13.0 Å². The summed E-state index contributed by atoms with van der Waals surface area (Å²) in [5, 5.41) is 3.98. The Labute approximate surface area is 200 Å². The summed E-state index contributed by atoms with van der Waals surface area (Å²) in [6, 6.07) is 5.94. The summed E-state index contributed by atoms with van der Waals surface area (Å²) in [6.45, 7) is 2.63. The zero-order valence-corrected chi connectivity index (χ0v) is 20.2. The summed E-state index contributed by atoms with van der Waals surface area (Å²) in [6.07, 6.45) is 8.06. The highest BCUT2D eigenvalue weighted by atomic mass is 35.5. The molecule has 0 radical (unpaired) electrons. The number of hydrogen-bond acceptors (Lipinski definition) is 5. The van der Waals surface area contributed by atoms with E-state index < -0.39 is 0 Å². The van der Waals surface area contributed by atoms with Gasteiger partial charge in [-0.15, -0.1) is 0 Å². The Morgan fingerprint density at radius 1 is 1.33 bits per heavy atom. The summed E-state index contributed by atoms with van der Waals surface area (Å²) in [4.78, 5) is 32.5. The zero-order chi connectivity index (χ0) is 23.4. The van der Waals surface area contributed by atoms with Crippen LogP contribution in [0.5, 0.6) is 0 Å². The Morgan fingerprint density at radius 2 is 2.15 bits per heavy atom. The van der Waals surface area contributed by atoms with Crippen molar-refractivity contribution in [2.75, 3.05) is 26.8 Å². The van der Waals surface area contributed by atoms with Crippen molar-refractivity contribution in [3.8, 4) is 0 Å². The number of pyridine rings is 2. The number of nitrogens with one attached hydrogen (secondary N) is 1. The highest BCUT2D eigenvalue weighted by Gasteiger charge is 2.40. The number of aryl methyl sites for hydroxylation is 2. The zero-order valence-electron chi connectivity index (χ0n) is 19.4. The van der Waals surface area contributed by atoms with Gasteiger partial charge in [-0.25, -0.2) is 0 Å². The fraction of sp³-hybridized carbons (Fsp3) is 0.560. The van der Waals surface area contributed by atoms with Crippen LogP contribution in [0.1, 0.15) is 48.4 Å². The maximum absolute atomic E-state index is 13.9. The number of rotatable bonds is 9. The van der Waals surface area contributed by atoms with Crippen molar-refractivity contribution in [1.82, 2.24) is 19.8 Å². The van der Waals surface area contributed by atoms with Crippen molar-refractivity contribution < 1.29 is 9.53 Å². The second kappa shape index (κ2) is 10.8. The molecule has 1 aliphatic heterocycles. The van der Waals surface area contributed by atoms with E-state index in [1.165, 1.54) is 0 Å². The fourth-order valence-corrected chi connectivity index (χ4v) is 4.83. The van der Waals surface area contributed by atoms with Gasteiger partial charge in [-0.2, -0.15) is 0 Å². The molecule has 33 heavy (non-hydrogen) atoms. The molecule has 1 amide bonds. The van der Waals surface area contributed by atoms with Gasteiger partial charge in [0.2, 0.25) is 5.91 Å². The Morgan fingerprint density at radius 3 is 2.88 bits per heavy atom. The highest BCUT2D eigenvalue weighted by molar-refractivity contribution is 6.31. The summed E-state index contributed by atoms with van der Waals surface area (Å²) >= 11 is 6.50. The van der Waals surface area contributed by atoms with Crippen LogP contribution in [-0.2, 0) is 29.5 Å². The van der Waals surface area contributed by atoms with E-state index in [4.69, 9.17) is 16.3 Å². The predicted molar refractivity (Wildman–Crippen MR) is 128 cm³/mol. The van der Waals surface area contributed by atoms with E-state index in [1.54, 1.807) is 37.2 Å². The third-order valence-electron chi connectivity index (χ3n) is 6.74. The Hall–Kier alpha value is -2.22. The number of amides is 1. The highest BCUT2D eigenvalue weighted by Crippen LogP contribution is 2.36. The van der Waals surface area contributed by atoms with E-state index in [-0.39, 0.29) is 29.3 Å². The van der Waals surface area contributed by atoms with Crippen molar-refractivity contribution in [3.63, 3.8) is 0 Å². The van der Waals surface area contributed by atoms with E-state index in [1.807, 2.05) is 17.0 Å². The van der Waals surface area contributed by atoms with Gasteiger partial charge >= 0.3 is 0 Å². The lowest BCUT2D eigenvalue weighted by atomic mass is 9.80. The maximum atomic E-state index is 13.9. The number of ether oxygens (including phenoxy) is 1. The van der Waals surface area contributed by atoms with Crippen molar-refractivity contribution in [1.29, 1.82) is 0 Å². The number of carbonyl (C=O) groups excluding carboxylic acids is 1. The van der Waals surface area contributed by atoms with Crippen LogP contribution in [0, 0.1) is 5.92 Å². The average molecular weight is 473 g/mol. The number of hydrogen-bond donors (Lipinski definition) is 1.